The van der Waals surface area contributed by atoms with Crippen molar-refractivity contribution < 1.29 is 9.21 Å². The van der Waals surface area contributed by atoms with Gasteiger partial charge in [0.05, 0.1) is 12.6 Å². The van der Waals surface area contributed by atoms with Crippen molar-refractivity contribution in [2.45, 2.75) is 38.9 Å². The summed E-state index contributed by atoms with van der Waals surface area (Å²) in [7, 11) is 0. The van der Waals surface area contributed by atoms with Crippen molar-refractivity contribution in [1.82, 2.24) is 14.4 Å². The quantitative estimate of drug-likeness (QED) is 0.671. The van der Waals surface area contributed by atoms with E-state index in [-0.39, 0.29) is 11.9 Å². The van der Waals surface area contributed by atoms with Gasteiger partial charge in [-0.15, -0.1) is 0 Å². The van der Waals surface area contributed by atoms with E-state index in [2.05, 4.69) is 59.0 Å². The first-order valence-corrected chi connectivity index (χ1v) is 10.5. The van der Waals surface area contributed by atoms with Crippen molar-refractivity contribution in [3.8, 4) is 0 Å². The molecule has 2 aromatic heterocycles. The number of hydrogen-bond donors (Lipinski definition) is 0. The molecule has 0 bridgehead atoms. The van der Waals surface area contributed by atoms with Gasteiger partial charge in [0.25, 0.3) is 5.91 Å². The van der Waals surface area contributed by atoms with Crippen molar-refractivity contribution in [3.63, 3.8) is 0 Å². The molecule has 3 aromatic rings. The zero-order valence-electron chi connectivity index (χ0n) is 16.9. The van der Waals surface area contributed by atoms with Crippen molar-refractivity contribution >= 4 is 5.91 Å². The van der Waals surface area contributed by atoms with Gasteiger partial charge in [-0.1, -0.05) is 29.8 Å². The first kappa shape index (κ1) is 18.3. The molecule has 0 spiro atoms. The summed E-state index contributed by atoms with van der Waals surface area (Å²) in [5.41, 5.74) is 3.87. The zero-order chi connectivity index (χ0) is 19.8. The number of benzene rings is 1. The molecule has 0 unspecified atom stereocenters. The number of nitrogens with zero attached hydrogens (tertiary/aromatic N) is 3. The van der Waals surface area contributed by atoms with Crippen LogP contribution in [-0.4, -0.2) is 39.9 Å². The lowest BCUT2D eigenvalue weighted by atomic mass is 9.98. The molecular weight excluding hydrogens is 362 g/mol. The molecule has 1 fully saturated rings. The van der Waals surface area contributed by atoms with E-state index < -0.39 is 0 Å². The normalized spacial score (nSPS) is 19.5. The van der Waals surface area contributed by atoms with Crippen LogP contribution in [0, 0.1) is 6.92 Å². The summed E-state index contributed by atoms with van der Waals surface area (Å²) >= 11 is 0. The number of likely N-dealkylation sites (tertiary alicyclic amines) is 1. The van der Waals surface area contributed by atoms with Crippen LogP contribution in [0.4, 0.5) is 0 Å². The van der Waals surface area contributed by atoms with Gasteiger partial charge in [0, 0.05) is 38.1 Å². The number of furan rings is 1. The fourth-order valence-electron chi connectivity index (χ4n) is 4.68. The average Bonchev–Trinajstić information content (AvgIpc) is 3.48. The van der Waals surface area contributed by atoms with Gasteiger partial charge in [0.2, 0.25) is 0 Å². The number of aromatic nitrogens is 1. The minimum absolute atomic E-state index is 0.0245. The molecule has 5 heteroatoms. The lowest BCUT2D eigenvalue weighted by Crippen LogP contribution is -2.37. The Morgan fingerprint density at radius 2 is 1.90 bits per heavy atom. The number of fused-ring (bicyclic) bond motifs is 1. The number of amides is 1. The van der Waals surface area contributed by atoms with Gasteiger partial charge in [0.1, 0.15) is 5.76 Å². The van der Waals surface area contributed by atoms with Crippen LogP contribution in [0.5, 0.6) is 0 Å². The van der Waals surface area contributed by atoms with Gasteiger partial charge in [-0.05, 0) is 49.6 Å². The highest BCUT2D eigenvalue weighted by atomic mass is 16.4. The summed E-state index contributed by atoms with van der Waals surface area (Å²) < 4.78 is 8.34. The van der Waals surface area contributed by atoms with Crippen molar-refractivity contribution in [3.05, 3.63) is 83.1 Å². The molecule has 0 saturated carbocycles. The summed E-state index contributed by atoms with van der Waals surface area (Å²) in [6.07, 6.45) is 4.34. The van der Waals surface area contributed by atoms with Gasteiger partial charge < -0.3 is 13.9 Å². The number of carbonyl (C=O) groups is 1. The van der Waals surface area contributed by atoms with E-state index in [4.69, 9.17) is 4.42 Å². The minimum Gasteiger partial charge on any atom is -0.455 e. The summed E-state index contributed by atoms with van der Waals surface area (Å²) in [6.45, 7) is 6.41. The van der Waals surface area contributed by atoms with Gasteiger partial charge in [-0.2, -0.15) is 0 Å². The average molecular weight is 389 g/mol. The first-order valence-electron chi connectivity index (χ1n) is 10.5. The Bertz CT molecular complexity index is 1010. The van der Waals surface area contributed by atoms with Crippen LogP contribution in [0.3, 0.4) is 0 Å². The van der Waals surface area contributed by atoms with Crippen molar-refractivity contribution in [2.75, 3.05) is 19.6 Å². The zero-order valence-corrected chi connectivity index (χ0v) is 16.9. The summed E-state index contributed by atoms with van der Waals surface area (Å²) in [6, 6.07) is 17.1. The van der Waals surface area contributed by atoms with E-state index in [1.165, 1.54) is 16.8 Å². The Kier molecular flexibility index (Phi) is 4.76. The fraction of sp³-hybridized carbons (Fsp3) is 0.375. The Hall–Kier alpha value is -2.79. The van der Waals surface area contributed by atoms with E-state index in [0.717, 1.165) is 44.8 Å². The van der Waals surface area contributed by atoms with Crippen LogP contribution >= 0.6 is 0 Å². The lowest BCUT2D eigenvalue weighted by Gasteiger charge is -2.37. The molecule has 0 aliphatic carbocycles. The summed E-state index contributed by atoms with van der Waals surface area (Å²) in [5.74, 6) is 1.34. The van der Waals surface area contributed by atoms with E-state index in [1.54, 1.807) is 0 Å². The maximum atomic E-state index is 12.6. The second-order valence-corrected chi connectivity index (χ2v) is 8.18. The lowest BCUT2D eigenvalue weighted by molar-refractivity contribution is 0.0755. The number of rotatable bonds is 4. The van der Waals surface area contributed by atoms with Gasteiger partial charge >= 0.3 is 0 Å². The highest BCUT2D eigenvalue weighted by molar-refractivity contribution is 5.91. The molecule has 150 valence electrons. The topological polar surface area (TPSA) is 41.6 Å². The second-order valence-electron chi connectivity index (χ2n) is 8.18. The molecule has 2 aliphatic rings. The summed E-state index contributed by atoms with van der Waals surface area (Å²) in [5, 5.41) is 0. The first-order chi connectivity index (χ1) is 14.2. The SMILES string of the molecule is Cc1cccc([C@@H]2c3cccn3CCN2Cc2ccc(C(=O)N3CCCC3)o2)c1. The van der Waals surface area contributed by atoms with E-state index in [0.29, 0.717) is 12.3 Å². The monoisotopic (exact) mass is 389 g/mol. The van der Waals surface area contributed by atoms with Gasteiger partial charge in [-0.25, -0.2) is 0 Å². The van der Waals surface area contributed by atoms with E-state index in [1.807, 2.05) is 17.0 Å². The van der Waals surface area contributed by atoms with Crippen LogP contribution in [-0.2, 0) is 13.1 Å². The number of hydrogen-bond acceptors (Lipinski definition) is 3. The minimum atomic E-state index is 0.0245. The largest absolute Gasteiger partial charge is 0.455 e. The molecule has 5 rings (SSSR count). The molecule has 0 N–H and O–H groups in total. The number of carbonyl (C=O) groups excluding carboxylic acids is 1. The Labute approximate surface area is 171 Å². The third-order valence-corrected chi connectivity index (χ3v) is 6.12. The predicted octanol–water partition coefficient (Wildman–Crippen LogP) is 4.23. The maximum absolute atomic E-state index is 12.6. The summed E-state index contributed by atoms with van der Waals surface area (Å²) in [4.78, 5) is 17.0. The molecule has 1 aromatic carbocycles. The van der Waals surface area contributed by atoms with Crippen LogP contribution < -0.4 is 0 Å². The van der Waals surface area contributed by atoms with Crippen LogP contribution in [0.25, 0.3) is 0 Å². The van der Waals surface area contributed by atoms with Gasteiger partial charge in [0.15, 0.2) is 5.76 Å². The molecule has 1 atom stereocenters. The smallest absolute Gasteiger partial charge is 0.289 e. The van der Waals surface area contributed by atoms with Crippen LogP contribution in [0.2, 0.25) is 0 Å². The Morgan fingerprint density at radius 3 is 2.72 bits per heavy atom. The number of aryl methyl sites for hydroxylation is 1. The van der Waals surface area contributed by atoms with E-state index in [9.17, 15) is 4.79 Å². The van der Waals surface area contributed by atoms with Crippen molar-refractivity contribution in [2.24, 2.45) is 0 Å². The third kappa shape index (κ3) is 3.51. The predicted molar refractivity (Wildman–Crippen MR) is 112 cm³/mol. The molecular formula is C24H27N3O2. The molecule has 2 aliphatic heterocycles. The maximum Gasteiger partial charge on any atom is 0.289 e. The standard InChI is InChI=1S/C24H27N3O2/c1-18-6-4-7-19(16-18)23-21-8-5-13-25(21)14-15-27(23)17-20-9-10-22(29-20)24(28)26-11-2-3-12-26/h4-10,13,16,23H,2-3,11-12,14-15,17H2,1H3/t23-/m1/s1. The second kappa shape index (κ2) is 7.56. The van der Waals surface area contributed by atoms with Gasteiger partial charge in [-0.3, -0.25) is 9.69 Å². The third-order valence-electron chi connectivity index (χ3n) is 6.12. The molecule has 5 nitrogen and oxygen atoms in total. The Morgan fingerprint density at radius 1 is 1.03 bits per heavy atom. The molecule has 1 saturated heterocycles. The fourth-order valence-corrected chi connectivity index (χ4v) is 4.68. The van der Waals surface area contributed by atoms with E-state index >= 15 is 0 Å². The molecule has 29 heavy (non-hydrogen) atoms. The highest BCUT2D eigenvalue weighted by Gasteiger charge is 2.30. The van der Waals surface area contributed by atoms with Crippen LogP contribution in [0.15, 0.2) is 59.1 Å². The molecule has 4 heterocycles. The molecule has 0 radical (unpaired) electrons. The Balaban J connectivity index is 1.40. The van der Waals surface area contributed by atoms with Crippen LogP contribution in [0.1, 0.15) is 52.0 Å². The van der Waals surface area contributed by atoms with Crippen molar-refractivity contribution in [1.29, 1.82) is 0 Å². The highest BCUT2D eigenvalue weighted by Crippen LogP contribution is 2.34. The molecule has 1 amide bonds.